The molecule has 2 saturated carbocycles. The SMILES string of the molecule is COc1ccc(C(Cl)C2C3CCCC32)cc1. The Morgan fingerprint density at radius 3 is 2.38 bits per heavy atom. The van der Waals surface area contributed by atoms with Gasteiger partial charge in [-0.3, -0.25) is 0 Å². The van der Waals surface area contributed by atoms with Crippen molar-refractivity contribution in [2.24, 2.45) is 17.8 Å². The third-order valence-electron chi connectivity index (χ3n) is 4.24. The first-order chi connectivity index (χ1) is 7.81. The topological polar surface area (TPSA) is 9.23 Å². The molecule has 2 aliphatic rings. The summed E-state index contributed by atoms with van der Waals surface area (Å²) in [5.74, 6) is 3.49. The van der Waals surface area contributed by atoms with Crippen LogP contribution in [0.2, 0.25) is 0 Å². The lowest BCUT2D eigenvalue weighted by Crippen LogP contribution is -1.98. The Kier molecular flexibility index (Phi) is 2.59. The predicted molar refractivity (Wildman–Crippen MR) is 65.9 cm³/mol. The van der Waals surface area contributed by atoms with E-state index >= 15 is 0 Å². The molecule has 2 heteroatoms. The van der Waals surface area contributed by atoms with Gasteiger partial charge in [-0.25, -0.2) is 0 Å². The van der Waals surface area contributed by atoms with E-state index in [1.54, 1.807) is 7.11 Å². The van der Waals surface area contributed by atoms with Crippen LogP contribution in [-0.2, 0) is 0 Å². The van der Waals surface area contributed by atoms with Gasteiger partial charge < -0.3 is 4.74 Å². The van der Waals surface area contributed by atoms with Gasteiger partial charge >= 0.3 is 0 Å². The second kappa shape index (κ2) is 3.96. The summed E-state index contributed by atoms with van der Waals surface area (Å²) < 4.78 is 5.16. The van der Waals surface area contributed by atoms with Crippen LogP contribution in [0.25, 0.3) is 0 Å². The van der Waals surface area contributed by atoms with Crippen molar-refractivity contribution in [2.45, 2.75) is 24.6 Å². The lowest BCUT2D eigenvalue weighted by molar-refractivity contribution is 0.414. The van der Waals surface area contributed by atoms with Gasteiger partial charge in [0.1, 0.15) is 5.75 Å². The number of alkyl halides is 1. The Morgan fingerprint density at radius 2 is 1.81 bits per heavy atom. The van der Waals surface area contributed by atoms with E-state index in [0.29, 0.717) is 0 Å². The standard InChI is InChI=1S/C14H17ClO/c1-16-10-7-5-9(6-8-10)14(15)13-11-3-2-4-12(11)13/h5-8,11-14H,2-4H2,1H3. The van der Waals surface area contributed by atoms with Crippen LogP contribution in [-0.4, -0.2) is 7.11 Å². The zero-order valence-corrected chi connectivity index (χ0v) is 10.3. The smallest absolute Gasteiger partial charge is 0.118 e. The predicted octanol–water partition coefficient (Wildman–Crippen LogP) is 4.02. The first-order valence-corrected chi connectivity index (χ1v) is 6.53. The van der Waals surface area contributed by atoms with Crippen LogP contribution in [0.15, 0.2) is 24.3 Å². The molecule has 1 nitrogen and oxygen atoms in total. The molecule has 0 amide bonds. The van der Waals surface area contributed by atoms with E-state index in [-0.39, 0.29) is 5.38 Å². The molecular formula is C14H17ClO. The molecule has 86 valence electrons. The fraction of sp³-hybridized carbons (Fsp3) is 0.571. The summed E-state index contributed by atoms with van der Waals surface area (Å²) in [5, 5.41) is 0.209. The third-order valence-corrected chi connectivity index (χ3v) is 4.79. The van der Waals surface area contributed by atoms with Crippen molar-refractivity contribution >= 4 is 11.6 Å². The minimum absolute atomic E-state index is 0.209. The van der Waals surface area contributed by atoms with Crippen molar-refractivity contribution in [1.82, 2.24) is 0 Å². The van der Waals surface area contributed by atoms with Gasteiger partial charge in [-0.1, -0.05) is 18.6 Å². The van der Waals surface area contributed by atoms with Crippen LogP contribution in [0.1, 0.15) is 30.2 Å². The van der Waals surface area contributed by atoms with Gasteiger partial charge in [-0.05, 0) is 48.3 Å². The van der Waals surface area contributed by atoms with Gasteiger partial charge in [-0.15, -0.1) is 11.6 Å². The van der Waals surface area contributed by atoms with Gasteiger partial charge in [0.2, 0.25) is 0 Å². The van der Waals surface area contributed by atoms with E-state index in [1.807, 2.05) is 12.1 Å². The van der Waals surface area contributed by atoms with Crippen LogP contribution in [0, 0.1) is 17.8 Å². The van der Waals surface area contributed by atoms with Gasteiger partial charge in [0.05, 0.1) is 12.5 Å². The molecule has 0 spiro atoms. The molecule has 0 saturated heterocycles. The average molecular weight is 237 g/mol. The maximum absolute atomic E-state index is 6.56. The second-order valence-corrected chi connectivity index (χ2v) is 5.48. The van der Waals surface area contributed by atoms with Crippen LogP contribution < -0.4 is 4.74 Å². The van der Waals surface area contributed by atoms with Gasteiger partial charge in [0, 0.05) is 0 Å². The Hall–Kier alpha value is -0.690. The number of hydrogen-bond acceptors (Lipinski definition) is 1. The fourth-order valence-corrected chi connectivity index (χ4v) is 3.84. The van der Waals surface area contributed by atoms with Gasteiger partial charge in [0.25, 0.3) is 0 Å². The monoisotopic (exact) mass is 236 g/mol. The highest BCUT2D eigenvalue weighted by atomic mass is 35.5. The first kappa shape index (κ1) is 10.5. The van der Waals surface area contributed by atoms with Crippen LogP contribution >= 0.6 is 11.6 Å². The number of ether oxygens (including phenoxy) is 1. The molecule has 0 bridgehead atoms. The van der Waals surface area contributed by atoms with Crippen molar-refractivity contribution in [3.8, 4) is 5.75 Å². The molecule has 1 aromatic carbocycles. The van der Waals surface area contributed by atoms with Crippen LogP contribution in [0.5, 0.6) is 5.75 Å². The summed E-state index contributed by atoms with van der Waals surface area (Å²) in [4.78, 5) is 0. The average Bonchev–Trinajstić information content (AvgIpc) is 2.81. The number of halogens is 1. The number of methoxy groups -OCH3 is 1. The molecule has 3 unspecified atom stereocenters. The van der Waals surface area contributed by atoms with Crippen LogP contribution in [0.4, 0.5) is 0 Å². The molecular weight excluding hydrogens is 220 g/mol. The summed E-state index contributed by atoms with van der Waals surface area (Å²) >= 11 is 6.56. The van der Waals surface area contributed by atoms with E-state index in [1.165, 1.54) is 24.8 Å². The molecule has 2 fully saturated rings. The molecule has 0 aromatic heterocycles. The Morgan fingerprint density at radius 1 is 1.19 bits per heavy atom. The summed E-state index contributed by atoms with van der Waals surface area (Å²) in [5.41, 5.74) is 1.25. The third kappa shape index (κ3) is 1.62. The summed E-state index contributed by atoms with van der Waals surface area (Å²) in [6.45, 7) is 0. The highest BCUT2D eigenvalue weighted by Gasteiger charge is 2.55. The molecule has 0 aliphatic heterocycles. The van der Waals surface area contributed by atoms with Crippen molar-refractivity contribution in [1.29, 1.82) is 0 Å². The van der Waals surface area contributed by atoms with Gasteiger partial charge in [0.15, 0.2) is 0 Å². The minimum Gasteiger partial charge on any atom is -0.497 e. The minimum atomic E-state index is 0.209. The van der Waals surface area contributed by atoms with E-state index in [0.717, 1.165) is 23.5 Å². The zero-order valence-electron chi connectivity index (χ0n) is 9.53. The molecule has 0 N–H and O–H groups in total. The molecule has 3 rings (SSSR count). The van der Waals surface area contributed by atoms with Crippen molar-refractivity contribution < 1.29 is 4.74 Å². The molecule has 0 heterocycles. The van der Waals surface area contributed by atoms with E-state index in [9.17, 15) is 0 Å². The number of fused-ring (bicyclic) bond motifs is 1. The van der Waals surface area contributed by atoms with Crippen LogP contribution in [0.3, 0.4) is 0 Å². The van der Waals surface area contributed by atoms with Gasteiger partial charge in [-0.2, -0.15) is 0 Å². The number of benzene rings is 1. The lowest BCUT2D eigenvalue weighted by Gasteiger charge is -2.12. The maximum atomic E-state index is 6.56. The first-order valence-electron chi connectivity index (χ1n) is 6.09. The van der Waals surface area contributed by atoms with E-state index in [4.69, 9.17) is 16.3 Å². The Balaban J connectivity index is 1.72. The van der Waals surface area contributed by atoms with Crippen molar-refractivity contribution in [3.63, 3.8) is 0 Å². The normalized spacial score (nSPS) is 33.2. The second-order valence-electron chi connectivity index (χ2n) is 5.01. The number of rotatable bonds is 3. The van der Waals surface area contributed by atoms with E-state index in [2.05, 4.69) is 12.1 Å². The molecule has 2 aliphatic carbocycles. The molecule has 3 atom stereocenters. The maximum Gasteiger partial charge on any atom is 0.118 e. The molecule has 0 radical (unpaired) electrons. The molecule has 16 heavy (non-hydrogen) atoms. The Bertz CT molecular complexity index is 363. The lowest BCUT2D eigenvalue weighted by atomic mass is 10.0. The summed E-state index contributed by atoms with van der Waals surface area (Å²) in [6.07, 6.45) is 4.21. The van der Waals surface area contributed by atoms with Crippen molar-refractivity contribution in [3.05, 3.63) is 29.8 Å². The summed E-state index contributed by atoms with van der Waals surface area (Å²) in [6, 6.07) is 8.21. The largest absolute Gasteiger partial charge is 0.497 e. The fourth-order valence-electron chi connectivity index (χ4n) is 3.32. The highest BCUT2D eigenvalue weighted by molar-refractivity contribution is 6.21. The summed E-state index contributed by atoms with van der Waals surface area (Å²) in [7, 11) is 1.69. The Labute approximate surface area is 102 Å². The highest BCUT2D eigenvalue weighted by Crippen LogP contribution is 2.63. The zero-order chi connectivity index (χ0) is 11.1. The number of hydrogen-bond donors (Lipinski definition) is 0. The quantitative estimate of drug-likeness (QED) is 0.721. The van der Waals surface area contributed by atoms with E-state index < -0.39 is 0 Å². The molecule has 1 aromatic rings. The van der Waals surface area contributed by atoms with Crippen molar-refractivity contribution in [2.75, 3.05) is 7.11 Å².